The molecule has 1 aromatic carbocycles. The topological polar surface area (TPSA) is 64.7 Å². The lowest BCUT2D eigenvalue weighted by atomic mass is 10.2. The normalized spacial score (nSPS) is 12.8. The summed E-state index contributed by atoms with van der Waals surface area (Å²) in [7, 11) is 0. The Morgan fingerprint density at radius 3 is 2.61 bits per heavy atom. The number of halogens is 1. The highest BCUT2D eigenvalue weighted by Gasteiger charge is 2.08. The van der Waals surface area contributed by atoms with Crippen molar-refractivity contribution in [1.82, 2.24) is 0 Å². The lowest BCUT2D eigenvalue weighted by molar-refractivity contribution is -0.0123. The first-order valence-corrected chi connectivity index (χ1v) is 6.73. The summed E-state index contributed by atoms with van der Waals surface area (Å²) >= 11 is 3.41. The van der Waals surface area contributed by atoms with E-state index < -0.39 is 6.10 Å². The van der Waals surface area contributed by atoms with E-state index in [2.05, 4.69) is 15.9 Å². The number of hydrogen-bond donors (Lipinski definition) is 2. The van der Waals surface area contributed by atoms with Gasteiger partial charge in [0.2, 0.25) is 0 Å². The van der Waals surface area contributed by atoms with E-state index in [0.29, 0.717) is 12.3 Å². The minimum absolute atomic E-state index is 0.107. The van der Waals surface area contributed by atoms with Gasteiger partial charge in [-0.2, -0.15) is 0 Å². The summed E-state index contributed by atoms with van der Waals surface area (Å²) < 4.78 is 11.6. The van der Waals surface area contributed by atoms with Crippen LogP contribution in [0.2, 0.25) is 0 Å². The largest absolute Gasteiger partial charge is 0.490 e. The van der Waals surface area contributed by atoms with Crippen molar-refractivity contribution in [2.45, 2.75) is 32.6 Å². The van der Waals surface area contributed by atoms with Crippen LogP contribution < -0.4 is 10.5 Å². The molecule has 3 N–H and O–H groups in total. The first-order chi connectivity index (χ1) is 8.52. The molecular weight excluding hydrogens is 298 g/mol. The lowest BCUT2D eigenvalue weighted by Crippen LogP contribution is -2.25. The van der Waals surface area contributed by atoms with Gasteiger partial charge in [0.05, 0.1) is 17.2 Å². The summed E-state index contributed by atoms with van der Waals surface area (Å²) in [6.07, 6.45) is -0.524. The highest BCUT2D eigenvalue weighted by molar-refractivity contribution is 9.10. The molecular formula is C13H20BrNO3. The highest BCUT2D eigenvalue weighted by Crippen LogP contribution is 2.26. The Kier molecular flexibility index (Phi) is 6.63. The molecule has 0 amide bonds. The average molecular weight is 318 g/mol. The molecule has 0 bridgehead atoms. The summed E-state index contributed by atoms with van der Waals surface area (Å²) in [5, 5.41) is 9.67. The summed E-state index contributed by atoms with van der Waals surface area (Å²) in [5.41, 5.74) is 6.57. The molecule has 0 aromatic heterocycles. The number of nitrogens with two attached hydrogens (primary N) is 1. The smallest absolute Gasteiger partial charge is 0.133 e. The van der Waals surface area contributed by atoms with Crippen molar-refractivity contribution in [2.24, 2.45) is 5.73 Å². The zero-order valence-corrected chi connectivity index (χ0v) is 12.3. The second-order valence-corrected chi connectivity index (χ2v) is 5.17. The van der Waals surface area contributed by atoms with Crippen molar-refractivity contribution in [2.75, 3.05) is 13.2 Å². The monoisotopic (exact) mass is 317 g/mol. The fourth-order valence-corrected chi connectivity index (χ4v) is 1.87. The summed E-state index contributed by atoms with van der Waals surface area (Å²) in [6, 6.07) is 5.64. The quantitative estimate of drug-likeness (QED) is 0.808. The third-order valence-corrected chi connectivity index (χ3v) is 2.90. The molecule has 0 saturated carbocycles. The van der Waals surface area contributed by atoms with Crippen LogP contribution in [-0.2, 0) is 11.3 Å². The van der Waals surface area contributed by atoms with Crippen LogP contribution in [-0.4, -0.2) is 30.5 Å². The molecule has 18 heavy (non-hydrogen) atoms. The molecule has 1 unspecified atom stereocenters. The van der Waals surface area contributed by atoms with Gasteiger partial charge in [0.25, 0.3) is 0 Å². The maximum atomic E-state index is 9.67. The minimum atomic E-state index is -0.631. The predicted octanol–water partition coefficient (Wildman–Crippen LogP) is 2.07. The van der Waals surface area contributed by atoms with Crippen LogP contribution in [0, 0.1) is 0 Å². The van der Waals surface area contributed by atoms with E-state index in [9.17, 15) is 5.11 Å². The molecule has 0 aliphatic carbocycles. The van der Waals surface area contributed by atoms with Crippen molar-refractivity contribution in [3.8, 4) is 5.75 Å². The molecule has 0 aliphatic rings. The maximum Gasteiger partial charge on any atom is 0.133 e. The third kappa shape index (κ3) is 5.35. The van der Waals surface area contributed by atoms with E-state index in [4.69, 9.17) is 15.2 Å². The van der Waals surface area contributed by atoms with Gasteiger partial charge >= 0.3 is 0 Å². The average Bonchev–Trinajstić information content (AvgIpc) is 2.34. The number of aliphatic hydroxyl groups is 1. The summed E-state index contributed by atoms with van der Waals surface area (Å²) in [4.78, 5) is 0. The van der Waals surface area contributed by atoms with E-state index >= 15 is 0 Å². The molecule has 1 aromatic rings. The van der Waals surface area contributed by atoms with Crippen molar-refractivity contribution in [1.29, 1.82) is 0 Å². The van der Waals surface area contributed by atoms with Gasteiger partial charge in [0, 0.05) is 6.54 Å². The number of ether oxygens (including phenoxy) is 2. The molecule has 0 heterocycles. The molecule has 5 heteroatoms. The number of aliphatic hydroxyl groups excluding tert-OH is 1. The van der Waals surface area contributed by atoms with Gasteiger partial charge in [-0.15, -0.1) is 0 Å². The van der Waals surface area contributed by atoms with Gasteiger partial charge in [-0.25, -0.2) is 0 Å². The van der Waals surface area contributed by atoms with Gasteiger partial charge in [-0.3, -0.25) is 0 Å². The first-order valence-electron chi connectivity index (χ1n) is 5.94. The molecule has 102 valence electrons. The molecule has 0 saturated heterocycles. The fraction of sp³-hybridized carbons (Fsp3) is 0.538. The Hall–Kier alpha value is -0.620. The summed E-state index contributed by atoms with van der Waals surface area (Å²) in [5.74, 6) is 0.691. The van der Waals surface area contributed by atoms with Crippen molar-refractivity contribution >= 4 is 15.9 Å². The van der Waals surface area contributed by atoms with Gasteiger partial charge in [0.15, 0.2) is 0 Å². The van der Waals surface area contributed by atoms with E-state index in [1.165, 1.54) is 0 Å². The SMILES string of the molecule is CC(C)OCC(O)COc1ccc(CN)cc1Br. The van der Waals surface area contributed by atoms with Crippen molar-refractivity contribution < 1.29 is 14.6 Å². The Labute approximate surface area is 116 Å². The van der Waals surface area contributed by atoms with Crippen LogP contribution in [0.4, 0.5) is 0 Å². The van der Waals surface area contributed by atoms with Crippen LogP contribution in [0.5, 0.6) is 5.75 Å². The minimum Gasteiger partial charge on any atom is -0.490 e. The Morgan fingerprint density at radius 1 is 1.33 bits per heavy atom. The Balaban J connectivity index is 2.43. The standard InChI is InChI=1S/C13H20BrNO3/c1-9(2)17-7-11(16)8-18-13-4-3-10(6-15)5-12(13)14/h3-5,9,11,16H,6-8,15H2,1-2H3. The Bertz CT molecular complexity index is 371. The molecule has 1 atom stereocenters. The van der Waals surface area contributed by atoms with Gasteiger partial charge in [0.1, 0.15) is 18.5 Å². The first kappa shape index (κ1) is 15.4. The third-order valence-electron chi connectivity index (χ3n) is 2.29. The molecule has 1 rings (SSSR count). The molecule has 0 aliphatic heterocycles. The van der Waals surface area contributed by atoms with E-state index in [0.717, 1.165) is 10.0 Å². The van der Waals surface area contributed by atoms with Crippen LogP contribution in [0.1, 0.15) is 19.4 Å². The fourth-order valence-electron chi connectivity index (χ4n) is 1.33. The van der Waals surface area contributed by atoms with Crippen molar-refractivity contribution in [3.05, 3.63) is 28.2 Å². The van der Waals surface area contributed by atoms with Crippen LogP contribution >= 0.6 is 15.9 Å². The number of benzene rings is 1. The van der Waals surface area contributed by atoms with E-state index in [-0.39, 0.29) is 19.3 Å². The van der Waals surface area contributed by atoms with Gasteiger partial charge < -0.3 is 20.3 Å². The molecule has 0 spiro atoms. The lowest BCUT2D eigenvalue weighted by Gasteiger charge is -2.15. The second kappa shape index (κ2) is 7.74. The second-order valence-electron chi connectivity index (χ2n) is 4.32. The number of hydrogen-bond acceptors (Lipinski definition) is 4. The molecule has 0 radical (unpaired) electrons. The molecule has 4 nitrogen and oxygen atoms in total. The summed E-state index contributed by atoms with van der Waals surface area (Å²) in [6.45, 7) is 4.82. The maximum absolute atomic E-state index is 9.67. The van der Waals surface area contributed by atoms with Crippen LogP contribution in [0.15, 0.2) is 22.7 Å². The highest BCUT2D eigenvalue weighted by atomic mass is 79.9. The van der Waals surface area contributed by atoms with Gasteiger partial charge in [-0.1, -0.05) is 6.07 Å². The zero-order chi connectivity index (χ0) is 13.5. The predicted molar refractivity (Wildman–Crippen MR) is 74.6 cm³/mol. The van der Waals surface area contributed by atoms with Crippen LogP contribution in [0.25, 0.3) is 0 Å². The number of rotatable bonds is 7. The molecule has 0 fully saturated rings. The van der Waals surface area contributed by atoms with E-state index in [1.807, 2.05) is 32.0 Å². The zero-order valence-electron chi connectivity index (χ0n) is 10.7. The van der Waals surface area contributed by atoms with Crippen molar-refractivity contribution in [3.63, 3.8) is 0 Å². The van der Waals surface area contributed by atoms with E-state index in [1.54, 1.807) is 0 Å². The van der Waals surface area contributed by atoms with Crippen LogP contribution in [0.3, 0.4) is 0 Å². The Morgan fingerprint density at radius 2 is 2.06 bits per heavy atom. The van der Waals surface area contributed by atoms with Gasteiger partial charge in [-0.05, 0) is 47.5 Å².